The Labute approximate surface area is 104 Å². The largest absolute Gasteiger partial charge is 0.338 e. The third-order valence-corrected chi connectivity index (χ3v) is 4.34. The van der Waals surface area contributed by atoms with Gasteiger partial charge in [0.1, 0.15) is 5.92 Å². The van der Waals surface area contributed by atoms with Gasteiger partial charge in [0.2, 0.25) is 5.89 Å². The van der Waals surface area contributed by atoms with Crippen LogP contribution in [0.5, 0.6) is 0 Å². The zero-order chi connectivity index (χ0) is 11.7. The van der Waals surface area contributed by atoms with Crippen LogP contribution in [0.1, 0.15) is 31.1 Å². The van der Waals surface area contributed by atoms with Gasteiger partial charge in [0.05, 0.1) is 5.75 Å². The average molecular weight is 253 g/mol. The molecule has 0 amide bonds. The first kappa shape index (κ1) is 11.1. The highest BCUT2D eigenvalue weighted by Gasteiger charge is 2.32. The van der Waals surface area contributed by atoms with Crippen molar-refractivity contribution in [2.24, 2.45) is 0 Å². The number of hydrogen-bond acceptors (Lipinski definition) is 6. The molecule has 0 radical (unpaired) electrons. The van der Waals surface area contributed by atoms with E-state index in [4.69, 9.17) is 4.52 Å². The molecular weight excluding hydrogens is 238 g/mol. The topological polar surface area (TPSA) is 59.2 Å². The van der Waals surface area contributed by atoms with Crippen LogP contribution in [0.25, 0.3) is 0 Å². The predicted octanol–water partition coefficient (Wildman–Crippen LogP) is 1.46. The molecule has 0 N–H and O–H groups in total. The summed E-state index contributed by atoms with van der Waals surface area (Å²) in [5.41, 5.74) is 0. The standard InChI is InChI=1S/C11H15N3O2S/c15-9-7-17-6-8(9)10-12-11(13-16-10)14-4-2-1-3-5-14/h8H,1-7H2. The van der Waals surface area contributed by atoms with Gasteiger partial charge in [-0.3, -0.25) is 4.79 Å². The Morgan fingerprint density at radius 2 is 2.12 bits per heavy atom. The van der Waals surface area contributed by atoms with Crippen LogP contribution in [0.15, 0.2) is 4.52 Å². The zero-order valence-electron chi connectivity index (χ0n) is 9.59. The highest BCUT2D eigenvalue weighted by atomic mass is 32.2. The van der Waals surface area contributed by atoms with Crippen molar-refractivity contribution in [3.05, 3.63) is 5.89 Å². The lowest BCUT2D eigenvalue weighted by atomic mass is 10.1. The average Bonchev–Trinajstić information content (AvgIpc) is 2.98. The van der Waals surface area contributed by atoms with Gasteiger partial charge in [-0.15, -0.1) is 0 Å². The van der Waals surface area contributed by atoms with Crippen LogP contribution in [-0.2, 0) is 4.79 Å². The van der Waals surface area contributed by atoms with E-state index in [1.165, 1.54) is 19.3 Å². The number of carbonyl (C=O) groups is 1. The fourth-order valence-electron chi connectivity index (χ4n) is 2.27. The minimum absolute atomic E-state index is 0.175. The monoisotopic (exact) mass is 253 g/mol. The number of anilines is 1. The minimum atomic E-state index is -0.175. The van der Waals surface area contributed by atoms with E-state index in [0.717, 1.165) is 18.8 Å². The Morgan fingerprint density at radius 1 is 1.29 bits per heavy atom. The van der Waals surface area contributed by atoms with Crippen molar-refractivity contribution in [3.63, 3.8) is 0 Å². The normalized spacial score (nSPS) is 25.5. The summed E-state index contributed by atoms with van der Waals surface area (Å²) in [6, 6.07) is 0. The van der Waals surface area contributed by atoms with E-state index >= 15 is 0 Å². The Balaban J connectivity index is 1.75. The van der Waals surface area contributed by atoms with Gasteiger partial charge in [-0.1, -0.05) is 0 Å². The Hall–Kier alpha value is -1.04. The number of hydrogen-bond donors (Lipinski definition) is 0. The number of piperidine rings is 1. The second kappa shape index (κ2) is 4.68. The summed E-state index contributed by atoms with van der Waals surface area (Å²) in [6.45, 7) is 1.98. The molecule has 2 aliphatic rings. The van der Waals surface area contributed by atoms with Crippen molar-refractivity contribution in [1.82, 2.24) is 10.1 Å². The lowest BCUT2D eigenvalue weighted by molar-refractivity contribution is -0.117. The van der Waals surface area contributed by atoms with Crippen LogP contribution in [0, 0.1) is 0 Å². The van der Waals surface area contributed by atoms with E-state index in [-0.39, 0.29) is 11.7 Å². The number of Topliss-reactive ketones (excluding diaryl/α,β-unsaturated/α-hetero) is 1. The molecule has 1 atom stereocenters. The summed E-state index contributed by atoms with van der Waals surface area (Å²) < 4.78 is 5.24. The molecule has 2 aliphatic heterocycles. The van der Waals surface area contributed by atoms with Gasteiger partial charge < -0.3 is 9.42 Å². The highest BCUT2D eigenvalue weighted by molar-refractivity contribution is 8.00. The molecule has 3 rings (SSSR count). The van der Waals surface area contributed by atoms with Gasteiger partial charge in [-0.25, -0.2) is 0 Å². The van der Waals surface area contributed by atoms with Crippen LogP contribution >= 0.6 is 11.8 Å². The SMILES string of the molecule is O=C1CSCC1c1nc(N2CCCCC2)no1. The van der Waals surface area contributed by atoms with Crippen molar-refractivity contribution < 1.29 is 9.32 Å². The molecule has 0 aliphatic carbocycles. The maximum atomic E-state index is 11.6. The summed E-state index contributed by atoms with van der Waals surface area (Å²) in [5, 5.41) is 4.00. The first-order chi connectivity index (χ1) is 8.34. The Kier molecular flexibility index (Phi) is 3.05. The van der Waals surface area contributed by atoms with Gasteiger partial charge in [-0.05, 0) is 24.4 Å². The Bertz CT molecular complexity index is 415. The van der Waals surface area contributed by atoms with Crippen molar-refractivity contribution in [2.45, 2.75) is 25.2 Å². The van der Waals surface area contributed by atoms with Crippen molar-refractivity contribution in [3.8, 4) is 0 Å². The number of rotatable bonds is 2. The molecule has 1 unspecified atom stereocenters. The fraction of sp³-hybridized carbons (Fsp3) is 0.727. The maximum absolute atomic E-state index is 11.6. The molecule has 92 valence electrons. The molecule has 2 fully saturated rings. The molecule has 2 saturated heterocycles. The van der Waals surface area contributed by atoms with Gasteiger partial charge in [0.15, 0.2) is 5.78 Å². The molecule has 17 heavy (non-hydrogen) atoms. The second-order valence-corrected chi connectivity index (χ2v) is 5.54. The molecule has 0 spiro atoms. The quantitative estimate of drug-likeness (QED) is 0.795. The van der Waals surface area contributed by atoms with E-state index in [9.17, 15) is 4.79 Å². The zero-order valence-corrected chi connectivity index (χ0v) is 10.4. The summed E-state index contributed by atoms with van der Waals surface area (Å²) in [7, 11) is 0. The number of nitrogens with zero attached hydrogens (tertiary/aromatic N) is 3. The van der Waals surface area contributed by atoms with Crippen molar-refractivity contribution in [2.75, 3.05) is 29.5 Å². The number of thioether (sulfide) groups is 1. The van der Waals surface area contributed by atoms with Crippen LogP contribution in [0.3, 0.4) is 0 Å². The van der Waals surface area contributed by atoms with Gasteiger partial charge in [-0.2, -0.15) is 16.7 Å². The number of ketones is 1. The summed E-state index contributed by atoms with van der Waals surface area (Å²) >= 11 is 1.64. The van der Waals surface area contributed by atoms with E-state index in [1.54, 1.807) is 11.8 Å². The molecule has 1 aromatic rings. The first-order valence-corrected chi connectivity index (χ1v) is 7.19. The molecule has 0 saturated carbocycles. The first-order valence-electron chi connectivity index (χ1n) is 6.03. The van der Waals surface area contributed by atoms with Gasteiger partial charge in [0, 0.05) is 18.8 Å². The number of carbonyl (C=O) groups excluding carboxylic acids is 1. The maximum Gasteiger partial charge on any atom is 0.266 e. The van der Waals surface area contributed by atoms with Crippen LogP contribution < -0.4 is 4.90 Å². The van der Waals surface area contributed by atoms with Crippen LogP contribution in [0.2, 0.25) is 0 Å². The number of aromatic nitrogens is 2. The summed E-state index contributed by atoms with van der Waals surface area (Å²) in [6.07, 6.45) is 3.64. The van der Waals surface area contributed by atoms with E-state index in [2.05, 4.69) is 15.0 Å². The predicted molar refractivity (Wildman–Crippen MR) is 65.4 cm³/mol. The van der Waals surface area contributed by atoms with E-state index in [0.29, 0.717) is 17.6 Å². The molecule has 0 aromatic carbocycles. The molecule has 6 heteroatoms. The van der Waals surface area contributed by atoms with Gasteiger partial charge in [0.25, 0.3) is 5.95 Å². The second-order valence-electron chi connectivity index (χ2n) is 4.51. The molecule has 3 heterocycles. The third-order valence-electron chi connectivity index (χ3n) is 3.29. The molecule has 1 aromatic heterocycles. The van der Waals surface area contributed by atoms with Gasteiger partial charge >= 0.3 is 0 Å². The van der Waals surface area contributed by atoms with E-state index in [1.807, 2.05) is 0 Å². The lowest BCUT2D eigenvalue weighted by Gasteiger charge is -2.24. The van der Waals surface area contributed by atoms with Crippen LogP contribution in [0.4, 0.5) is 5.95 Å². The third kappa shape index (κ3) is 2.18. The van der Waals surface area contributed by atoms with Crippen LogP contribution in [-0.4, -0.2) is 40.5 Å². The van der Waals surface area contributed by atoms with Crippen molar-refractivity contribution >= 4 is 23.5 Å². The fourth-order valence-corrected chi connectivity index (χ4v) is 3.36. The molecule has 0 bridgehead atoms. The van der Waals surface area contributed by atoms with Crippen molar-refractivity contribution in [1.29, 1.82) is 0 Å². The summed E-state index contributed by atoms with van der Waals surface area (Å²) in [5.74, 6) is 2.55. The summed E-state index contributed by atoms with van der Waals surface area (Å²) in [4.78, 5) is 18.1. The molecular formula is C11H15N3O2S. The smallest absolute Gasteiger partial charge is 0.266 e. The van der Waals surface area contributed by atoms with E-state index < -0.39 is 0 Å². The minimum Gasteiger partial charge on any atom is -0.338 e. The Morgan fingerprint density at radius 3 is 2.82 bits per heavy atom. The highest BCUT2D eigenvalue weighted by Crippen LogP contribution is 2.29. The molecule has 5 nitrogen and oxygen atoms in total. The lowest BCUT2D eigenvalue weighted by Crippen LogP contribution is -2.30.